The van der Waals surface area contributed by atoms with Gasteiger partial charge in [-0.05, 0) is 41.7 Å². The fraction of sp³-hybridized carbons (Fsp3) is 0.238. The molecule has 1 heterocycles. The molecule has 2 aromatic rings. The third kappa shape index (κ3) is 2.89. The highest BCUT2D eigenvalue weighted by Gasteiger charge is 2.55. The molecule has 1 spiro atoms. The van der Waals surface area contributed by atoms with E-state index in [4.69, 9.17) is 5.26 Å². The number of aryl methyl sites for hydroxylation is 1. The molecule has 1 atom stereocenters. The number of rotatable bonds is 4. The molecule has 0 aromatic heterocycles. The quantitative estimate of drug-likeness (QED) is 0.793. The summed E-state index contributed by atoms with van der Waals surface area (Å²) in [5.74, 6) is -0.799. The van der Waals surface area contributed by atoms with Crippen LogP contribution in [-0.4, -0.2) is 29.3 Å². The number of nitrogens with zero attached hydrogens (tertiary/aromatic N) is 2. The van der Waals surface area contributed by atoms with Crippen LogP contribution in [0.5, 0.6) is 0 Å². The zero-order valence-corrected chi connectivity index (χ0v) is 15.1. The molecule has 1 fully saturated rings. The van der Waals surface area contributed by atoms with Crippen molar-refractivity contribution in [2.45, 2.75) is 24.9 Å². The van der Waals surface area contributed by atoms with Gasteiger partial charge in [-0.1, -0.05) is 36.4 Å². The normalized spacial score (nSPS) is 20.0. The molecule has 2 aliphatic rings. The maximum Gasteiger partial charge on any atom is 0.325 e. The van der Waals surface area contributed by atoms with Crippen LogP contribution in [-0.2, 0) is 28.1 Å². The van der Waals surface area contributed by atoms with Gasteiger partial charge in [-0.3, -0.25) is 14.5 Å². The summed E-state index contributed by atoms with van der Waals surface area (Å²) in [5.41, 5.74) is 2.17. The lowest BCUT2D eigenvalue weighted by atomic mass is 9.92. The number of carbonyl (C=O) groups is 3. The van der Waals surface area contributed by atoms with E-state index in [2.05, 4.69) is 10.6 Å². The summed E-state index contributed by atoms with van der Waals surface area (Å²) in [6.45, 7) is -0.0764. The minimum Gasteiger partial charge on any atom is -0.350 e. The first-order chi connectivity index (χ1) is 13.5. The Morgan fingerprint density at radius 2 is 1.93 bits per heavy atom. The van der Waals surface area contributed by atoms with Gasteiger partial charge < -0.3 is 10.6 Å². The summed E-state index contributed by atoms with van der Waals surface area (Å²) >= 11 is 0. The number of imide groups is 1. The molecule has 1 saturated heterocycles. The number of benzene rings is 2. The molecule has 2 N–H and O–H groups in total. The predicted molar refractivity (Wildman–Crippen MR) is 99.7 cm³/mol. The van der Waals surface area contributed by atoms with Gasteiger partial charge in [0.1, 0.15) is 12.1 Å². The van der Waals surface area contributed by atoms with Crippen molar-refractivity contribution in [3.63, 3.8) is 0 Å². The monoisotopic (exact) mass is 374 g/mol. The van der Waals surface area contributed by atoms with Crippen molar-refractivity contribution >= 4 is 17.8 Å². The molecule has 4 amide bonds. The van der Waals surface area contributed by atoms with Crippen LogP contribution < -0.4 is 10.6 Å². The average Bonchev–Trinajstić information content (AvgIpc) is 3.20. The zero-order chi connectivity index (χ0) is 19.7. The topological polar surface area (TPSA) is 102 Å². The van der Waals surface area contributed by atoms with Crippen LogP contribution in [0, 0.1) is 11.3 Å². The number of urea groups is 1. The van der Waals surface area contributed by atoms with Crippen molar-refractivity contribution < 1.29 is 14.4 Å². The van der Waals surface area contributed by atoms with E-state index in [0.717, 1.165) is 21.6 Å². The summed E-state index contributed by atoms with van der Waals surface area (Å²) < 4.78 is 0. The second kappa shape index (κ2) is 6.82. The Morgan fingerprint density at radius 1 is 1.18 bits per heavy atom. The third-order valence-corrected chi connectivity index (χ3v) is 5.30. The highest BCUT2D eigenvalue weighted by molar-refractivity contribution is 6.09. The molecule has 0 saturated carbocycles. The first kappa shape index (κ1) is 17.7. The Balaban J connectivity index is 1.42. The summed E-state index contributed by atoms with van der Waals surface area (Å²) in [5, 5.41) is 14.3. The fourth-order valence-corrected chi connectivity index (χ4v) is 3.83. The summed E-state index contributed by atoms with van der Waals surface area (Å²) in [4.78, 5) is 38.7. The van der Waals surface area contributed by atoms with Crippen molar-refractivity contribution in [1.82, 2.24) is 15.5 Å². The highest BCUT2D eigenvalue weighted by Crippen LogP contribution is 2.41. The number of amides is 4. The first-order valence-electron chi connectivity index (χ1n) is 9.02. The van der Waals surface area contributed by atoms with Gasteiger partial charge in [-0.2, -0.15) is 5.26 Å². The van der Waals surface area contributed by atoms with E-state index in [1.165, 1.54) is 0 Å². The number of hydrogen-bond acceptors (Lipinski definition) is 4. The largest absolute Gasteiger partial charge is 0.350 e. The summed E-state index contributed by atoms with van der Waals surface area (Å²) in [7, 11) is 0. The number of fused-ring (bicyclic) bond motifs is 2. The third-order valence-electron chi connectivity index (χ3n) is 5.30. The van der Waals surface area contributed by atoms with Gasteiger partial charge in [0.05, 0.1) is 11.6 Å². The van der Waals surface area contributed by atoms with Crippen LogP contribution in [0.25, 0.3) is 0 Å². The molecule has 1 unspecified atom stereocenters. The molecule has 2 aromatic carbocycles. The van der Waals surface area contributed by atoms with E-state index in [1.807, 2.05) is 30.3 Å². The van der Waals surface area contributed by atoms with Crippen molar-refractivity contribution in [2.75, 3.05) is 6.54 Å². The van der Waals surface area contributed by atoms with Gasteiger partial charge in [0.25, 0.3) is 5.91 Å². The van der Waals surface area contributed by atoms with Crippen molar-refractivity contribution in [2.24, 2.45) is 0 Å². The van der Waals surface area contributed by atoms with Crippen molar-refractivity contribution in [1.29, 1.82) is 5.26 Å². The average molecular weight is 374 g/mol. The van der Waals surface area contributed by atoms with E-state index in [9.17, 15) is 14.4 Å². The van der Waals surface area contributed by atoms with Gasteiger partial charge in [0.15, 0.2) is 0 Å². The minimum absolute atomic E-state index is 0.252. The maximum atomic E-state index is 13.0. The molecular formula is C21H18N4O3. The van der Waals surface area contributed by atoms with Gasteiger partial charge in [-0.15, -0.1) is 0 Å². The second-order valence-corrected chi connectivity index (χ2v) is 6.97. The molecule has 0 radical (unpaired) electrons. The number of nitrogens with one attached hydrogen (secondary N) is 2. The van der Waals surface area contributed by atoms with Crippen molar-refractivity contribution in [3.05, 3.63) is 70.8 Å². The van der Waals surface area contributed by atoms with Crippen LogP contribution in [0.2, 0.25) is 0 Å². The molecule has 1 aliphatic carbocycles. The lowest BCUT2D eigenvalue weighted by Gasteiger charge is -2.22. The van der Waals surface area contributed by atoms with Crippen LogP contribution in [0.1, 0.15) is 28.7 Å². The highest BCUT2D eigenvalue weighted by atomic mass is 16.2. The Morgan fingerprint density at radius 3 is 2.68 bits per heavy atom. The standard InChI is InChI=1S/C21H18N4O3/c22-11-14-5-7-15(8-6-14)12-23-18(26)13-25-19(27)21(24-20(25)28)10-9-16-3-1-2-4-17(16)21/h1-8H,9-10,12-13H2,(H,23,26)(H,24,28). The van der Waals surface area contributed by atoms with Crippen LogP contribution in [0.4, 0.5) is 4.79 Å². The minimum atomic E-state index is -1.05. The van der Waals surface area contributed by atoms with E-state index >= 15 is 0 Å². The van der Waals surface area contributed by atoms with E-state index in [0.29, 0.717) is 18.4 Å². The van der Waals surface area contributed by atoms with E-state index in [1.54, 1.807) is 24.3 Å². The Labute approximate surface area is 161 Å². The van der Waals surface area contributed by atoms with Gasteiger partial charge in [0.2, 0.25) is 5.91 Å². The molecule has 28 heavy (non-hydrogen) atoms. The molecule has 4 rings (SSSR count). The lowest BCUT2D eigenvalue weighted by molar-refractivity contribution is -0.135. The molecule has 7 nitrogen and oxygen atoms in total. The Bertz CT molecular complexity index is 1010. The lowest BCUT2D eigenvalue weighted by Crippen LogP contribution is -2.43. The Kier molecular flexibility index (Phi) is 4.32. The molecule has 140 valence electrons. The van der Waals surface area contributed by atoms with E-state index < -0.39 is 17.5 Å². The summed E-state index contributed by atoms with van der Waals surface area (Å²) in [6.07, 6.45) is 1.21. The summed E-state index contributed by atoms with van der Waals surface area (Å²) in [6, 6.07) is 15.9. The second-order valence-electron chi connectivity index (χ2n) is 6.97. The molecular weight excluding hydrogens is 356 g/mol. The van der Waals surface area contributed by atoms with Crippen LogP contribution in [0.3, 0.4) is 0 Å². The molecule has 1 aliphatic heterocycles. The van der Waals surface area contributed by atoms with Gasteiger partial charge >= 0.3 is 6.03 Å². The Hall–Kier alpha value is -3.66. The zero-order valence-electron chi connectivity index (χ0n) is 15.1. The van der Waals surface area contributed by atoms with Gasteiger partial charge in [-0.25, -0.2) is 4.79 Å². The first-order valence-corrected chi connectivity index (χ1v) is 9.02. The number of carbonyl (C=O) groups excluding carboxylic acids is 3. The SMILES string of the molecule is N#Cc1ccc(CNC(=O)CN2C(=O)NC3(CCc4ccccc43)C2=O)cc1. The predicted octanol–water partition coefficient (Wildman–Crippen LogP) is 1.57. The fourth-order valence-electron chi connectivity index (χ4n) is 3.83. The smallest absolute Gasteiger partial charge is 0.325 e. The maximum absolute atomic E-state index is 13.0. The van der Waals surface area contributed by atoms with Gasteiger partial charge in [0, 0.05) is 6.54 Å². The van der Waals surface area contributed by atoms with Crippen molar-refractivity contribution in [3.8, 4) is 6.07 Å². The molecule has 7 heteroatoms. The van der Waals surface area contributed by atoms with E-state index in [-0.39, 0.29) is 19.0 Å². The number of hydrogen-bond donors (Lipinski definition) is 2. The van der Waals surface area contributed by atoms with Crippen LogP contribution in [0.15, 0.2) is 48.5 Å². The molecule has 0 bridgehead atoms. The van der Waals surface area contributed by atoms with Crippen LogP contribution >= 0.6 is 0 Å². The number of nitriles is 1.